The Morgan fingerprint density at radius 3 is 2.76 bits per heavy atom. The number of carbonyl (C=O) groups is 1. The highest BCUT2D eigenvalue weighted by molar-refractivity contribution is 6.30. The third kappa shape index (κ3) is 4.36. The van der Waals surface area contributed by atoms with Gasteiger partial charge in [0, 0.05) is 5.02 Å². The van der Waals surface area contributed by atoms with E-state index < -0.39 is 5.54 Å². The molecule has 3 nitrogen and oxygen atoms in total. The fourth-order valence-corrected chi connectivity index (χ4v) is 1.67. The molecule has 0 heterocycles. The fraction of sp³-hybridized carbons (Fsp3) is 0.462. The molecule has 1 atom stereocenters. The van der Waals surface area contributed by atoms with Crippen molar-refractivity contribution < 1.29 is 9.90 Å². The van der Waals surface area contributed by atoms with Crippen molar-refractivity contribution in [2.45, 2.75) is 32.2 Å². The van der Waals surface area contributed by atoms with Crippen LogP contribution in [-0.4, -0.2) is 23.2 Å². The molecule has 0 bridgehead atoms. The Morgan fingerprint density at radius 2 is 2.24 bits per heavy atom. The van der Waals surface area contributed by atoms with Gasteiger partial charge in [0.05, 0.1) is 18.6 Å². The van der Waals surface area contributed by atoms with Crippen LogP contribution in [-0.2, 0) is 11.2 Å². The van der Waals surface area contributed by atoms with Crippen molar-refractivity contribution in [3.8, 4) is 0 Å². The molecular formula is C13H18ClNO2. The Kier molecular flexibility index (Phi) is 4.97. The van der Waals surface area contributed by atoms with E-state index in [9.17, 15) is 9.90 Å². The summed E-state index contributed by atoms with van der Waals surface area (Å²) in [6, 6.07) is 7.21. The lowest BCUT2D eigenvalue weighted by atomic mass is 9.99. The minimum absolute atomic E-state index is 0.0647. The van der Waals surface area contributed by atoms with Crippen molar-refractivity contribution in [2.75, 3.05) is 6.61 Å². The van der Waals surface area contributed by atoms with Crippen LogP contribution in [0.4, 0.5) is 0 Å². The molecule has 0 saturated heterocycles. The molecule has 1 aromatic rings. The lowest BCUT2D eigenvalue weighted by Crippen LogP contribution is -2.48. The van der Waals surface area contributed by atoms with Crippen molar-refractivity contribution in [3.05, 3.63) is 34.9 Å². The number of rotatable bonds is 5. The van der Waals surface area contributed by atoms with Gasteiger partial charge in [-0.3, -0.25) is 4.79 Å². The molecule has 0 aliphatic rings. The van der Waals surface area contributed by atoms with Crippen LogP contribution in [0.25, 0.3) is 0 Å². The molecule has 0 aliphatic carbocycles. The first-order valence-electron chi connectivity index (χ1n) is 5.65. The number of hydrogen-bond acceptors (Lipinski definition) is 2. The van der Waals surface area contributed by atoms with E-state index in [0.717, 1.165) is 5.56 Å². The number of amides is 1. The van der Waals surface area contributed by atoms with Crippen molar-refractivity contribution >= 4 is 17.5 Å². The standard InChI is InChI=1S/C13H18ClNO2/c1-3-13(2,9-16)15-12(17)8-10-5-4-6-11(14)7-10/h4-7,16H,3,8-9H2,1-2H3,(H,15,17). The van der Waals surface area contributed by atoms with Crippen LogP contribution in [0.1, 0.15) is 25.8 Å². The van der Waals surface area contributed by atoms with Crippen LogP contribution < -0.4 is 5.32 Å². The summed E-state index contributed by atoms with van der Waals surface area (Å²) >= 11 is 5.84. The van der Waals surface area contributed by atoms with Crippen LogP contribution in [0.2, 0.25) is 5.02 Å². The summed E-state index contributed by atoms with van der Waals surface area (Å²) in [4.78, 5) is 11.8. The topological polar surface area (TPSA) is 49.3 Å². The Bertz CT molecular complexity index is 389. The minimum atomic E-state index is -0.546. The van der Waals surface area contributed by atoms with Crippen LogP contribution in [0, 0.1) is 0 Å². The monoisotopic (exact) mass is 255 g/mol. The smallest absolute Gasteiger partial charge is 0.224 e. The van der Waals surface area contributed by atoms with Crippen LogP contribution in [0.5, 0.6) is 0 Å². The quantitative estimate of drug-likeness (QED) is 0.847. The Morgan fingerprint density at radius 1 is 1.53 bits per heavy atom. The van der Waals surface area contributed by atoms with E-state index in [1.54, 1.807) is 12.1 Å². The van der Waals surface area contributed by atoms with Crippen LogP contribution >= 0.6 is 11.6 Å². The average Bonchev–Trinajstić information content (AvgIpc) is 2.28. The molecule has 4 heteroatoms. The fourth-order valence-electron chi connectivity index (χ4n) is 1.45. The zero-order valence-electron chi connectivity index (χ0n) is 10.2. The van der Waals surface area contributed by atoms with Gasteiger partial charge < -0.3 is 10.4 Å². The number of aliphatic hydroxyl groups excluding tert-OH is 1. The zero-order valence-corrected chi connectivity index (χ0v) is 10.9. The SMILES string of the molecule is CCC(C)(CO)NC(=O)Cc1cccc(Cl)c1. The molecular weight excluding hydrogens is 238 g/mol. The number of nitrogens with one attached hydrogen (secondary N) is 1. The van der Waals surface area contributed by atoms with E-state index in [1.165, 1.54) is 0 Å². The zero-order chi connectivity index (χ0) is 12.9. The summed E-state index contributed by atoms with van der Waals surface area (Å²) < 4.78 is 0. The second kappa shape index (κ2) is 6.03. The number of aliphatic hydroxyl groups is 1. The molecule has 1 amide bonds. The van der Waals surface area contributed by atoms with Crippen LogP contribution in [0.15, 0.2) is 24.3 Å². The van der Waals surface area contributed by atoms with Crippen molar-refractivity contribution in [2.24, 2.45) is 0 Å². The maximum absolute atomic E-state index is 11.8. The number of carbonyl (C=O) groups excluding carboxylic acids is 1. The van der Waals surface area contributed by atoms with Crippen LogP contribution in [0.3, 0.4) is 0 Å². The van der Waals surface area contributed by atoms with Gasteiger partial charge in [-0.25, -0.2) is 0 Å². The molecule has 0 radical (unpaired) electrons. The van der Waals surface area contributed by atoms with Gasteiger partial charge in [0.15, 0.2) is 0 Å². The average molecular weight is 256 g/mol. The third-order valence-electron chi connectivity index (χ3n) is 2.82. The largest absolute Gasteiger partial charge is 0.394 e. The lowest BCUT2D eigenvalue weighted by Gasteiger charge is -2.27. The molecule has 0 aliphatic heterocycles. The molecule has 94 valence electrons. The first-order valence-corrected chi connectivity index (χ1v) is 6.03. The summed E-state index contributed by atoms with van der Waals surface area (Å²) in [5.74, 6) is -0.106. The molecule has 1 rings (SSSR count). The molecule has 0 saturated carbocycles. The number of hydrogen-bond donors (Lipinski definition) is 2. The van der Waals surface area contributed by atoms with Gasteiger partial charge in [-0.1, -0.05) is 30.7 Å². The Hall–Kier alpha value is -1.06. The summed E-state index contributed by atoms with van der Waals surface area (Å²) in [6.07, 6.45) is 0.959. The Balaban J connectivity index is 2.61. The van der Waals surface area contributed by atoms with Gasteiger partial charge in [-0.2, -0.15) is 0 Å². The number of benzene rings is 1. The van der Waals surface area contributed by atoms with E-state index in [0.29, 0.717) is 11.4 Å². The molecule has 1 unspecified atom stereocenters. The minimum Gasteiger partial charge on any atom is -0.394 e. The van der Waals surface area contributed by atoms with E-state index in [-0.39, 0.29) is 18.9 Å². The van der Waals surface area contributed by atoms with E-state index in [2.05, 4.69) is 5.32 Å². The summed E-state index contributed by atoms with van der Waals surface area (Å²) in [7, 11) is 0. The highest BCUT2D eigenvalue weighted by Crippen LogP contribution is 2.12. The van der Waals surface area contributed by atoms with Gasteiger partial charge in [0.2, 0.25) is 5.91 Å². The van der Waals surface area contributed by atoms with E-state index >= 15 is 0 Å². The molecule has 0 spiro atoms. The first-order chi connectivity index (χ1) is 7.99. The second-order valence-electron chi connectivity index (χ2n) is 4.43. The third-order valence-corrected chi connectivity index (χ3v) is 3.06. The molecule has 17 heavy (non-hydrogen) atoms. The van der Waals surface area contributed by atoms with Crippen molar-refractivity contribution in [1.82, 2.24) is 5.32 Å². The molecule has 0 aromatic heterocycles. The predicted molar refractivity (Wildman–Crippen MR) is 69.1 cm³/mol. The highest BCUT2D eigenvalue weighted by Gasteiger charge is 2.22. The van der Waals surface area contributed by atoms with Gasteiger partial charge in [0.25, 0.3) is 0 Å². The van der Waals surface area contributed by atoms with E-state index in [1.807, 2.05) is 26.0 Å². The Labute approximate surface area is 107 Å². The van der Waals surface area contributed by atoms with Gasteiger partial charge >= 0.3 is 0 Å². The van der Waals surface area contributed by atoms with Gasteiger partial charge in [-0.15, -0.1) is 0 Å². The summed E-state index contributed by atoms with van der Waals surface area (Å²) in [5, 5.41) is 12.7. The maximum atomic E-state index is 11.8. The lowest BCUT2D eigenvalue weighted by molar-refractivity contribution is -0.122. The van der Waals surface area contributed by atoms with Crippen molar-refractivity contribution in [1.29, 1.82) is 0 Å². The first kappa shape index (κ1) is 14.0. The summed E-state index contributed by atoms with van der Waals surface area (Å²) in [5.41, 5.74) is 0.321. The molecule has 2 N–H and O–H groups in total. The van der Waals surface area contributed by atoms with E-state index in [4.69, 9.17) is 11.6 Å². The van der Waals surface area contributed by atoms with Gasteiger partial charge in [0.1, 0.15) is 0 Å². The van der Waals surface area contributed by atoms with Gasteiger partial charge in [-0.05, 0) is 31.0 Å². The molecule has 0 fully saturated rings. The van der Waals surface area contributed by atoms with Crippen molar-refractivity contribution in [3.63, 3.8) is 0 Å². The molecule has 1 aromatic carbocycles. The summed E-state index contributed by atoms with van der Waals surface area (Å²) in [6.45, 7) is 3.68. The second-order valence-corrected chi connectivity index (χ2v) is 4.86. The highest BCUT2D eigenvalue weighted by atomic mass is 35.5. The normalized spacial score (nSPS) is 14.1. The maximum Gasteiger partial charge on any atom is 0.224 e. The predicted octanol–water partition coefficient (Wildman–Crippen LogP) is 2.16. The number of halogens is 1.